The molecule has 0 unspecified atom stereocenters. The van der Waals surface area contributed by atoms with E-state index in [0.717, 1.165) is 4.90 Å². The molecule has 0 saturated heterocycles. The van der Waals surface area contributed by atoms with Gasteiger partial charge in [0.2, 0.25) is 0 Å². The summed E-state index contributed by atoms with van der Waals surface area (Å²) in [5.41, 5.74) is 0. The number of hydrogen-bond acceptors (Lipinski definition) is 3. The molecule has 0 fully saturated rings. The van der Waals surface area contributed by atoms with Gasteiger partial charge in [-0.25, -0.2) is 0 Å². The Labute approximate surface area is 93.4 Å². The molecule has 4 heteroatoms. The number of ether oxygens (including phenoxy) is 1. The van der Waals surface area contributed by atoms with Crippen LogP contribution in [0, 0.1) is 0 Å². The fourth-order valence-corrected chi connectivity index (χ4v) is 1.58. The predicted octanol–water partition coefficient (Wildman–Crippen LogP) is 2.65. The molecule has 1 rings (SSSR count). The van der Waals surface area contributed by atoms with Gasteiger partial charge in [-0.3, -0.25) is 4.79 Å². The van der Waals surface area contributed by atoms with Gasteiger partial charge >= 0.3 is 5.97 Å². The normalized spacial score (nSPS) is 12.1. The van der Waals surface area contributed by atoms with Crippen LogP contribution in [0.5, 0.6) is 5.75 Å². The van der Waals surface area contributed by atoms with E-state index in [-0.39, 0.29) is 12.5 Å². The van der Waals surface area contributed by atoms with Gasteiger partial charge in [0.1, 0.15) is 11.9 Å². The van der Waals surface area contributed by atoms with Crippen molar-refractivity contribution >= 4 is 17.7 Å². The number of hydrogen-bond donors (Lipinski definition) is 1. The Balaban J connectivity index is 2.53. The quantitative estimate of drug-likeness (QED) is 0.784. The summed E-state index contributed by atoms with van der Waals surface area (Å²) >= 11 is 1.66. The van der Waals surface area contributed by atoms with Gasteiger partial charge in [0.05, 0.1) is 6.42 Å². The Hall–Kier alpha value is -1.16. The minimum absolute atomic E-state index is 0.0181. The van der Waals surface area contributed by atoms with Crippen molar-refractivity contribution in [3.05, 3.63) is 24.3 Å². The molecule has 15 heavy (non-hydrogen) atoms. The largest absolute Gasteiger partial charge is 0.490 e. The first-order chi connectivity index (χ1) is 7.11. The highest BCUT2D eigenvalue weighted by Gasteiger charge is 2.08. The van der Waals surface area contributed by atoms with E-state index in [0.29, 0.717) is 5.75 Å². The topological polar surface area (TPSA) is 46.5 Å². The van der Waals surface area contributed by atoms with E-state index >= 15 is 0 Å². The Kier molecular flexibility index (Phi) is 4.49. The van der Waals surface area contributed by atoms with Crippen LogP contribution in [0.2, 0.25) is 0 Å². The lowest BCUT2D eigenvalue weighted by molar-refractivity contribution is -0.138. The van der Waals surface area contributed by atoms with E-state index in [1.807, 2.05) is 30.5 Å². The Bertz CT molecular complexity index is 321. The molecule has 1 aromatic rings. The zero-order valence-electron chi connectivity index (χ0n) is 8.77. The lowest BCUT2D eigenvalue weighted by Crippen LogP contribution is -2.16. The molecule has 1 N–H and O–H groups in total. The molecule has 0 aliphatic carbocycles. The Morgan fingerprint density at radius 3 is 2.53 bits per heavy atom. The number of aliphatic carboxylic acids is 1. The summed E-state index contributed by atoms with van der Waals surface area (Å²) in [5.74, 6) is -0.134. The van der Waals surface area contributed by atoms with Crippen molar-refractivity contribution in [1.29, 1.82) is 0 Å². The minimum Gasteiger partial charge on any atom is -0.490 e. The standard InChI is InChI=1S/C11H14O3S/c1-8(7-11(12)13)14-9-3-5-10(15-2)6-4-9/h3-6,8H,7H2,1-2H3,(H,12,13)/t8-/m0/s1. The van der Waals surface area contributed by atoms with Crippen LogP contribution >= 0.6 is 11.8 Å². The highest BCUT2D eigenvalue weighted by molar-refractivity contribution is 7.98. The molecule has 0 bridgehead atoms. The Morgan fingerprint density at radius 1 is 1.47 bits per heavy atom. The first-order valence-electron chi connectivity index (χ1n) is 4.64. The fourth-order valence-electron chi connectivity index (χ4n) is 1.17. The average Bonchev–Trinajstić information content (AvgIpc) is 2.17. The summed E-state index contributed by atoms with van der Waals surface area (Å²) in [7, 11) is 0. The van der Waals surface area contributed by atoms with Crippen LogP contribution in [-0.2, 0) is 4.79 Å². The zero-order valence-corrected chi connectivity index (χ0v) is 9.58. The zero-order chi connectivity index (χ0) is 11.3. The maximum Gasteiger partial charge on any atom is 0.307 e. The molecular formula is C11H14O3S. The molecular weight excluding hydrogens is 212 g/mol. The van der Waals surface area contributed by atoms with Gasteiger partial charge in [-0.05, 0) is 37.4 Å². The van der Waals surface area contributed by atoms with Gasteiger partial charge in [-0.15, -0.1) is 11.8 Å². The monoisotopic (exact) mass is 226 g/mol. The van der Waals surface area contributed by atoms with Crippen LogP contribution in [-0.4, -0.2) is 23.4 Å². The lowest BCUT2D eigenvalue weighted by Gasteiger charge is -2.12. The van der Waals surface area contributed by atoms with E-state index < -0.39 is 5.97 Å². The average molecular weight is 226 g/mol. The summed E-state index contributed by atoms with van der Waals surface area (Å²) in [6, 6.07) is 7.61. The van der Waals surface area contributed by atoms with Crippen LogP contribution in [0.25, 0.3) is 0 Å². The van der Waals surface area contributed by atoms with E-state index in [4.69, 9.17) is 9.84 Å². The molecule has 0 heterocycles. The van der Waals surface area contributed by atoms with Crippen LogP contribution in [0.1, 0.15) is 13.3 Å². The molecule has 0 aromatic heterocycles. The molecule has 1 atom stereocenters. The molecule has 0 aliphatic heterocycles. The number of thioether (sulfide) groups is 1. The van der Waals surface area contributed by atoms with Gasteiger partial charge in [-0.2, -0.15) is 0 Å². The van der Waals surface area contributed by atoms with Crippen molar-refractivity contribution in [2.75, 3.05) is 6.26 Å². The second-order valence-corrected chi connectivity index (χ2v) is 4.08. The van der Waals surface area contributed by atoms with Gasteiger partial charge in [-0.1, -0.05) is 0 Å². The predicted molar refractivity (Wildman–Crippen MR) is 60.6 cm³/mol. The SMILES string of the molecule is CSc1ccc(O[C@@H](C)CC(=O)O)cc1. The highest BCUT2D eigenvalue weighted by Crippen LogP contribution is 2.20. The molecule has 0 amide bonds. The first kappa shape index (κ1) is 11.9. The third-order valence-corrected chi connectivity index (χ3v) is 2.60. The van der Waals surface area contributed by atoms with Crippen molar-refractivity contribution in [2.24, 2.45) is 0 Å². The third kappa shape index (κ3) is 4.25. The molecule has 82 valence electrons. The number of carboxylic acid groups (broad SMARTS) is 1. The van der Waals surface area contributed by atoms with Crippen LogP contribution in [0.3, 0.4) is 0 Å². The number of benzene rings is 1. The van der Waals surface area contributed by atoms with Crippen molar-refractivity contribution in [3.8, 4) is 5.75 Å². The second kappa shape index (κ2) is 5.66. The van der Waals surface area contributed by atoms with Crippen molar-refractivity contribution in [1.82, 2.24) is 0 Å². The first-order valence-corrected chi connectivity index (χ1v) is 5.87. The summed E-state index contributed by atoms with van der Waals surface area (Å²) in [6.45, 7) is 1.75. The number of carbonyl (C=O) groups is 1. The Morgan fingerprint density at radius 2 is 2.07 bits per heavy atom. The van der Waals surface area contributed by atoms with E-state index in [9.17, 15) is 4.79 Å². The van der Waals surface area contributed by atoms with Gasteiger partial charge < -0.3 is 9.84 Å². The summed E-state index contributed by atoms with van der Waals surface area (Å²) in [6.07, 6.45) is 1.72. The smallest absolute Gasteiger partial charge is 0.307 e. The lowest BCUT2D eigenvalue weighted by atomic mass is 10.3. The van der Waals surface area contributed by atoms with E-state index in [1.54, 1.807) is 18.7 Å². The van der Waals surface area contributed by atoms with Crippen LogP contribution in [0.4, 0.5) is 0 Å². The van der Waals surface area contributed by atoms with E-state index in [2.05, 4.69) is 0 Å². The van der Waals surface area contributed by atoms with Gasteiger partial charge in [0, 0.05) is 4.90 Å². The number of rotatable bonds is 5. The molecule has 0 spiro atoms. The molecule has 3 nitrogen and oxygen atoms in total. The highest BCUT2D eigenvalue weighted by atomic mass is 32.2. The molecule has 0 radical (unpaired) electrons. The molecule has 0 saturated carbocycles. The van der Waals surface area contributed by atoms with E-state index in [1.165, 1.54) is 0 Å². The van der Waals surface area contributed by atoms with Crippen molar-refractivity contribution < 1.29 is 14.6 Å². The van der Waals surface area contributed by atoms with Gasteiger partial charge in [0.15, 0.2) is 0 Å². The van der Waals surface area contributed by atoms with Crippen LogP contribution in [0.15, 0.2) is 29.2 Å². The summed E-state index contributed by atoms with van der Waals surface area (Å²) in [5, 5.41) is 8.56. The van der Waals surface area contributed by atoms with Crippen molar-refractivity contribution in [3.63, 3.8) is 0 Å². The van der Waals surface area contributed by atoms with Crippen molar-refractivity contribution in [2.45, 2.75) is 24.3 Å². The third-order valence-electron chi connectivity index (χ3n) is 1.86. The fraction of sp³-hybridized carbons (Fsp3) is 0.364. The number of carboxylic acids is 1. The van der Waals surface area contributed by atoms with Crippen LogP contribution < -0.4 is 4.74 Å². The molecule has 0 aliphatic rings. The second-order valence-electron chi connectivity index (χ2n) is 3.20. The van der Waals surface area contributed by atoms with Gasteiger partial charge in [0.25, 0.3) is 0 Å². The summed E-state index contributed by atoms with van der Waals surface area (Å²) in [4.78, 5) is 11.6. The maximum atomic E-state index is 10.4. The minimum atomic E-state index is -0.844. The summed E-state index contributed by atoms with van der Waals surface area (Å²) < 4.78 is 5.43. The molecule has 1 aromatic carbocycles. The maximum absolute atomic E-state index is 10.4.